The Hall–Kier alpha value is -1.09. The molecule has 1 aliphatic carbocycles. The second-order valence-electron chi connectivity index (χ2n) is 4.38. The number of hydrogen-bond donors (Lipinski definition) is 0. The molecule has 92 valence electrons. The molecule has 0 aliphatic heterocycles. The summed E-state index contributed by atoms with van der Waals surface area (Å²) in [5.41, 5.74) is 1.04. The predicted octanol–water partition coefficient (Wildman–Crippen LogP) is 2.98. The van der Waals surface area contributed by atoms with Crippen LogP contribution < -0.4 is 0 Å². The van der Waals surface area contributed by atoms with Crippen molar-refractivity contribution in [2.45, 2.75) is 25.8 Å². The first-order chi connectivity index (χ1) is 8.13. The van der Waals surface area contributed by atoms with Gasteiger partial charge in [-0.05, 0) is 43.5 Å². The number of carbonyl (C=O) groups is 1. The summed E-state index contributed by atoms with van der Waals surface area (Å²) in [5, 5.41) is 0. The zero-order chi connectivity index (χ0) is 12.4. The minimum atomic E-state index is -0.281. The van der Waals surface area contributed by atoms with Gasteiger partial charge in [-0.2, -0.15) is 0 Å². The summed E-state index contributed by atoms with van der Waals surface area (Å²) in [6.07, 6.45) is 2.09. The van der Waals surface area contributed by atoms with Crippen LogP contribution in [0.15, 0.2) is 18.2 Å². The summed E-state index contributed by atoms with van der Waals surface area (Å²) in [6.45, 7) is 2.22. The van der Waals surface area contributed by atoms with Crippen LogP contribution in [0.1, 0.15) is 28.8 Å². The molecule has 4 heteroatoms. The molecule has 0 heterocycles. The molecule has 0 atom stereocenters. The Morgan fingerprint density at radius 3 is 2.76 bits per heavy atom. The molecule has 1 aromatic rings. The molecule has 1 saturated carbocycles. The van der Waals surface area contributed by atoms with Gasteiger partial charge in [0.15, 0.2) is 0 Å². The van der Waals surface area contributed by atoms with Gasteiger partial charge in [-0.1, -0.05) is 0 Å². The number of carbonyl (C=O) groups excluding carboxylic acids is 1. The van der Waals surface area contributed by atoms with E-state index < -0.39 is 0 Å². The van der Waals surface area contributed by atoms with Crippen LogP contribution in [0.4, 0.5) is 4.39 Å². The van der Waals surface area contributed by atoms with Crippen LogP contribution in [0.5, 0.6) is 0 Å². The Bertz CT molecular complexity index is 431. The normalized spacial score (nSPS) is 14.8. The summed E-state index contributed by atoms with van der Waals surface area (Å²) >= 11 is 5.70. The lowest BCUT2D eigenvalue weighted by Gasteiger charge is -2.21. The first-order valence-electron chi connectivity index (χ1n) is 5.76. The maximum Gasteiger partial charge on any atom is 0.254 e. The highest BCUT2D eigenvalue weighted by molar-refractivity contribution is 6.18. The van der Waals surface area contributed by atoms with E-state index in [1.807, 2.05) is 0 Å². The number of aryl methyl sites for hydroxylation is 1. The van der Waals surface area contributed by atoms with Gasteiger partial charge in [0.05, 0.1) is 0 Å². The van der Waals surface area contributed by atoms with E-state index in [4.69, 9.17) is 11.6 Å². The molecule has 1 aliphatic rings. The fraction of sp³-hybridized carbons (Fsp3) is 0.462. The maximum absolute atomic E-state index is 13.1. The summed E-state index contributed by atoms with van der Waals surface area (Å²) < 4.78 is 13.1. The van der Waals surface area contributed by atoms with Gasteiger partial charge in [0.1, 0.15) is 5.82 Å². The first kappa shape index (κ1) is 12.4. The first-order valence-corrected chi connectivity index (χ1v) is 6.30. The van der Waals surface area contributed by atoms with E-state index in [1.54, 1.807) is 17.9 Å². The van der Waals surface area contributed by atoms with E-state index in [-0.39, 0.29) is 11.7 Å². The van der Waals surface area contributed by atoms with Gasteiger partial charge < -0.3 is 4.90 Å². The lowest BCUT2D eigenvalue weighted by molar-refractivity contribution is 0.0753. The topological polar surface area (TPSA) is 20.3 Å². The van der Waals surface area contributed by atoms with Crippen molar-refractivity contribution in [3.8, 4) is 0 Å². The molecule has 0 aromatic heterocycles. The number of hydrogen-bond acceptors (Lipinski definition) is 1. The number of halogens is 2. The standard InChI is InChI=1S/C13H15ClFNO/c1-9-8-10(2-5-12(9)15)13(17)16(7-6-14)11-3-4-11/h2,5,8,11H,3-4,6-7H2,1H3. The number of benzene rings is 1. The molecule has 0 saturated heterocycles. The van der Waals surface area contributed by atoms with E-state index in [1.165, 1.54) is 12.1 Å². The third-order valence-corrected chi connectivity index (χ3v) is 3.15. The van der Waals surface area contributed by atoms with Crippen molar-refractivity contribution in [1.82, 2.24) is 4.90 Å². The molecule has 0 unspecified atom stereocenters. The van der Waals surface area contributed by atoms with E-state index in [0.29, 0.717) is 29.6 Å². The molecular formula is C13H15ClFNO. The van der Waals surface area contributed by atoms with Gasteiger partial charge in [0.2, 0.25) is 0 Å². The Kier molecular flexibility index (Phi) is 3.67. The minimum absolute atomic E-state index is 0.0451. The molecule has 0 spiro atoms. The fourth-order valence-corrected chi connectivity index (χ4v) is 2.05. The van der Waals surface area contributed by atoms with Crippen LogP contribution in [0.3, 0.4) is 0 Å². The Morgan fingerprint density at radius 1 is 1.53 bits per heavy atom. The van der Waals surface area contributed by atoms with Gasteiger partial charge in [-0.3, -0.25) is 4.79 Å². The summed E-state index contributed by atoms with van der Waals surface area (Å²) in [5.74, 6) is 0.107. The van der Waals surface area contributed by atoms with Crippen LogP contribution in [0, 0.1) is 12.7 Å². The summed E-state index contributed by atoms with van der Waals surface area (Å²) in [7, 11) is 0. The molecular weight excluding hydrogens is 241 g/mol. The van der Waals surface area contributed by atoms with Crippen molar-refractivity contribution < 1.29 is 9.18 Å². The highest BCUT2D eigenvalue weighted by Crippen LogP contribution is 2.28. The zero-order valence-corrected chi connectivity index (χ0v) is 10.5. The van der Waals surface area contributed by atoms with Gasteiger partial charge in [0, 0.05) is 24.0 Å². The van der Waals surface area contributed by atoms with Crippen molar-refractivity contribution in [1.29, 1.82) is 0 Å². The van der Waals surface area contributed by atoms with Crippen molar-refractivity contribution >= 4 is 17.5 Å². The lowest BCUT2D eigenvalue weighted by Crippen LogP contribution is -2.34. The molecule has 17 heavy (non-hydrogen) atoms. The van der Waals surface area contributed by atoms with Crippen molar-refractivity contribution in [2.75, 3.05) is 12.4 Å². The van der Waals surface area contributed by atoms with Crippen molar-refractivity contribution in [2.24, 2.45) is 0 Å². The maximum atomic E-state index is 13.1. The van der Waals surface area contributed by atoms with Gasteiger partial charge in [0.25, 0.3) is 5.91 Å². The van der Waals surface area contributed by atoms with E-state index in [2.05, 4.69) is 0 Å². The molecule has 1 fully saturated rings. The number of rotatable bonds is 4. The molecule has 0 radical (unpaired) electrons. The van der Waals surface area contributed by atoms with Crippen LogP contribution in [0.2, 0.25) is 0 Å². The molecule has 0 N–H and O–H groups in total. The van der Waals surface area contributed by atoms with Gasteiger partial charge >= 0.3 is 0 Å². The van der Waals surface area contributed by atoms with Crippen molar-refractivity contribution in [3.63, 3.8) is 0 Å². The zero-order valence-electron chi connectivity index (χ0n) is 9.75. The molecule has 2 rings (SSSR count). The van der Waals surface area contributed by atoms with Crippen LogP contribution >= 0.6 is 11.6 Å². The Morgan fingerprint density at radius 2 is 2.24 bits per heavy atom. The molecule has 1 amide bonds. The lowest BCUT2D eigenvalue weighted by atomic mass is 10.1. The highest BCUT2D eigenvalue weighted by Gasteiger charge is 2.32. The SMILES string of the molecule is Cc1cc(C(=O)N(CCCl)C2CC2)ccc1F. The summed E-state index contributed by atoms with van der Waals surface area (Å²) in [4.78, 5) is 14.0. The third-order valence-electron chi connectivity index (χ3n) is 2.98. The summed E-state index contributed by atoms with van der Waals surface area (Å²) in [6, 6.07) is 4.80. The van der Waals surface area contributed by atoms with Crippen molar-refractivity contribution in [3.05, 3.63) is 35.1 Å². The van der Waals surface area contributed by atoms with Crippen LogP contribution in [-0.2, 0) is 0 Å². The molecule has 1 aromatic carbocycles. The number of alkyl halides is 1. The highest BCUT2D eigenvalue weighted by atomic mass is 35.5. The third kappa shape index (κ3) is 2.78. The minimum Gasteiger partial charge on any atom is -0.334 e. The monoisotopic (exact) mass is 255 g/mol. The largest absolute Gasteiger partial charge is 0.334 e. The van der Waals surface area contributed by atoms with Gasteiger partial charge in [-0.25, -0.2) is 4.39 Å². The van der Waals surface area contributed by atoms with E-state index in [0.717, 1.165) is 12.8 Å². The number of nitrogens with zero attached hydrogens (tertiary/aromatic N) is 1. The Balaban J connectivity index is 2.19. The second kappa shape index (κ2) is 5.05. The van der Waals surface area contributed by atoms with Gasteiger partial charge in [-0.15, -0.1) is 11.6 Å². The molecule has 0 bridgehead atoms. The second-order valence-corrected chi connectivity index (χ2v) is 4.76. The Labute approximate surface area is 105 Å². The van der Waals surface area contributed by atoms with Crippen LogP contribution in [0.25, 0.3) is 0 Å². The average molecular weight is 256 g/mol. The van der Waals surface area contributed by atoms with E-state index in [9.17, 15) is 9.18 Å². The average Bonchev–Trinajstić information content (AvgIpc) is 3.13. The molecule has 2 nitrogen and oxygen atoms in total. The van der Waals surface area contributed by atoms with E-state index >= 15 is 0 Å². The predicted molar refractivity (Wildman–Crippen MR) is 65.9 cm³/mol. The number of amides is 1. The smallest absolute Gasteiger partial charge is 0.254 e. The quantitative estimate of drug-likeness (QED) is 0.758. The van der Waals surface area contributed by atoms with Crippen LogP contribution in [-0.4, -0.2) is 29.3 Å². The fourth-order valence-electron chi connectivity index (χ4n) is 1.87.